The molecule has 0 amide bonds. The fraction of sp³-hybridized carbons (Fsp3) is 0.250. The first-order valence-electron chi connectivity index (χ1n) is 3.63. The number of rotatable bonds is 2. The van der Waals surface area contributed by atoms with Gasteiger partial charge in [0.05, 0.1) is 10.6 Å². The molecule has 1 aromatic rings. The van der Waals surface area contributed by atoms with Gasteiger partial charge >= 0.3 is 0 Å². The Morgan fingerprint density at radius 1 is 1.46 bits per heavy atom. The number of nitrogens with zero attached hydrogens (tertiary/aromatic N) is 2. The maximum atomic E-state index is 10.4. The van der Waals surface area contributed by atoms with E-state index in [2.05, 4.69) is 4.36 Å². The molecule has 4 nitrogen and oxygen atoms in total. The van der Waals surface area contributed by atoms with Crippen LogP contribution in [0, 0.1) is 10.1 Å². The molecule has 0 spiro atoms. The highest BCUT2D eigenvalue weighted by Gasteiger charge is 2.04. The Morgan fingerprint density at radius 3 is 2.69 bits per heavy atom. The highest BCUT2D eigenvalue weighted by molar-refractivity contribution is 7.85. The summed E-state index contributed by atoms with van der Waals surface area (Å²) in [5.41, 5.74) is 0.759. The highest BCUT2D eigenvalue weighted by Crippen LogP contribution is 2.19. The van der Waals surface area contributed by atoms with Crippen LogP contribution in [0.4, 0.5) is 11.4 Å². The molecule has 0 aliphatic heterocycles. The van der Waals surface area contributed by atoms with Crippen molar-refractivity contribution < 1.29 is 4.92 Å². The van der Waals surface area contributed by atoms with Gasteiger partial charge in [-0.1, -0.05) is 6.07 Å². The lowest BCUT2D eigenvalue weighted by Gasteiger charge is -1.95. The van der Waals surface area contributed by atoms with Gasteiger partial charge < -0.3 is 0 Å². The van der Waals surface area contributed by atoms with Crippen molar-refractivity contribution in [3.8, 4) is 0 Å². The molecule has 70 valence electrons. The molecule has 0 bridgehead atoms. The SMILES string of the molecule is CS(C)=Nc1cccc([N+](=O)[O-])c1. The smallest absolute Gasteiger partial charge is 0.258 e. The maximum Gasteiger partial charge on any atom is 0.271 e. The van der Waals surface area contributed by atoms with Gasteiger partial charge in [0.15, 0.2) is 0 Å². The minimum atomic E-state index is -0.414. The minimum absolute atomic E-state index is 0.0856. The Bertz CT molecular complexity index is 359. The summed E-state index contributed by atoms with van der Waals surface area (Å²) >= 11 is 0. The van der Waals surface area contributed by atoms with Crippen molar-refractivity contribution in [1.82, 2.24) is 0 Å². The summed E-state index contributed by atoms with van der Waals surface area (Å²) in [5.74, 6) is 0. The number of hydrogen-bond acceptors (Lipinski definition) is 3. The van der Waals surface area contributed by atoms with Crippen LogP contribution >= 0.6 is 0 Å². The lowest BCUT2D eigenvalue weighted by Crippen LogP contribution is -1.86. The van der Waals surface area contributed by atoms with E-state index in [-0.39, 0.29) is 16.4 Å². The first-order valence-corrected chi connectivity index (χ1v) is 5.63. The topological polar surface area (TPSA) is 55.5 Å². The zero-order valence-electron chi connectivity index (χ0n) is 7.43. The Morgan fingerprint density at radius 2 is 2.15 bits per heavy atom. The van der Waals surface area contributed by atoms with Gasteiger partial charge in [0, 0.05) is 12.1 Å². The van der Waals surface area contributed by atoms with Gasteiger partial charge in [-0.2, -0.15) is 0 Å². The van der Waals surface area contributed by atoms with Crippen molar-refractivity contribution in [2.24, 2.45) is 4.36 Å². The highest BCUT2D eigenvalue weighted by atomic mass is 32.2. The fourth-order valence-corrected chi connectivity index (χ4v) is 1.41. The zero-order chi connectivity index (χ0) is 9.84. The Labute approximate surface area is 78.8 Å². The molecule has 0 atom stereocenters. The predicted molar refractivity (Wildman–Crippen MR) is 54.4 cm³/mol. The normalized spacial score (nSPS) is 10.1. The van der Waals surface area contributed by atoms with E-state index in [1.54, 1.807) is 12.1 Å². The summed E-state index contributed by atoms with van der Waals surface area (Å²) in [6.07, 6.45) is 3.91. The third kappa shape index (κ3) is 2.95. The first-order chi connectivity index (χ1) is 6.09. The van der Waals surface area contributed by atoms with Gasteiger partial charge in [-0.15, -0.1) is 10.7 Å². The minimum Gasteiger partial charge on any atom is -0.258 e. The molecule has 0 unspecified atom stereocenters. The first kappa shape index (κ1) is 9.85. The third-order valence-corrected chi connectivity index (χ3v) is 1.90. The molecule has 0 N–H and O–H groups in total. The molecular formula is C8H10N2O2S. The molecule has 13 heavy (non-hydrogen) atoms. The summed E-state index contributed by atoms with van der Waals surface area (Å²) in [6, 6.07) is 6.35. The van der Waals surface area contributed by atoms with Crippen LogP contribution in [-0.4, -0.2) is 17.4 Å². The lowest BCUT2D eigenvalue weighted by molar-refractivity contribution is -0.384. The van der Waals surface area contributed by atoms with E-state index in [9.17, 15) is 10.1 Å². The third-order valence-electron chi connectivity index (χ3n) is 1.33. The van der Waals surface area contributed by atoms with E-state index in [4.69, 9.17) is 0 Å². The van der Waals surface area contributed by atoms with E-state index in [1.165, 1.54) is 12.1 Å². The average molecular weight is 198 g/mol. The summed E-state index contributed by atoms with van der Waals surface area (Å²) < 4.78 is 4.23. The Hall–Kier alpha value is -1.23. The van der Waals surface area contributed by atoms with E-state index in [0.29, 0.717) is 5.69 Å². The largest absolute Gasteiger partial charge is 0.271 e. The van der Waals surface area contributed by atoms with Crippen LogP contribution in [0.1, 0.15) is 0 Å². The van der Waals surface area contributed by atoms with Crippen LogP contribution in [0.25, 0.3) is 0 Å². The van der Waals surface area contributed by atoms with Crippen molar-refractivity contribution in [2.45, 2.75) is 0 Å². The molecule has 0 aliphatic carbocycles. The second kappa shape index (κ2) is 4.13. The molecule has 0 radical (unpaired) electrons. The van der Waals surface area contributed by atoms with Gasteiger partial charge in [-0.05, 0) is 18.6 Å². The number of benzene rings is 1. The molecule has 1 aromatic carbocycles. The van der Waals surface area contributed by atoms with E-state index >= 15 is 0 Å². The summed E-state index contributed by atoms with van der Waals surface area (Å²) in [6.45, 7) is 0. The standard InChI is InChI=1S/C8H10N2O2S/c1-13(2)9-7-4-3-5-8(6-7)10(11)12/h3-6H,1-2H3. The maximum absolute atomic E-state index is 10.4. The predicted octanol–water partition coefficient (Wildman–Crippen LogP) is 2.29. The Kier molecular flexibility index (Phi) is 3.13. The van der Waals surface area contributed by atoms with Crippen LogP contribution in [-0.2, 0) is 10.7 Å². The van der Waals surface area contributed by atoms with Gasteiger partial charge in [0.2, 0.25) is 0 Å². The van der Waals surface area contributed by atoms with Crippen LogP contribution in [0.3, 0.4) is 0 Å². The summed E-state index contributed by atoms with van der Waals surface area (Å²) in [4.78, 5) is 9.99. The monoisotopic (exact) mass is 198 g/mol. The molecular weight excluding hydrogens is 188 g/mol. The quantitative estimate of drug-likeness (QED) is 0.540. The molecule has 0 fully saturated rings. The van der Waals surface area contributed by atoms with Crippen molar-refractivity contribution in [2.75, 3.05) is 12.5 Å². The summed E-state index contributed by atoms with van der Waals surface area (Å²) in [5, 5.41) is 10.4. The van der Waals surface area contributed by atoms with Crippen molar-refractivity contribution in [3.05, 3.63) is 34.4 Å². The molecule has 5 heteroatoms. The average Bonchev–Trinajstić information content (AvgIpc) is 2.03. The Balaban J connectivity index is 3.06. The summed E-state index contributed by atoms with van der Waals surface area (Å²) in [7, 11) is -0.0856. The van der Waals surface area contributed by atoms with Crippen LogP contribution in [0.5, 0.6) is 0 Å². The van der Waals surface area contributed by atoms with Crippen LogP contribution in [0.15, 0.2) is 28.6 Å². The number of hydrogen-bond donors (Lipinski definition) is 0. The van der Waals surface area contributed by atoms with E-state index < -0.39 is 4.92 Å². The second-order valence-corrected chi connectivity index (χ2v) is 4.37. The van der Waals surface area contributed by atoms with Crippen LogP contribution < -0.4 is 0 Å². The zero-order valence-corrected chi connectivity index (χ0v) is 8.25. The second-order valence-electron chi connectivity index (χ2n) is 2.64. The number of nitro groups is 1. The van der Waals surface area contributed by atoms with Crippen molar-refractivity contribution in [3.63, 3.8) is 0 Å². The van der Waals surface area contributed by atoms with Gasteiger partial charge in [0.1, 0.15) is 0 Å². The van der Waals surface area contributed by atoms with Gasteiger partial charge in [-0.25, -0.2) is 4.36 Å². The fourth-order valence-electron chi connectivity index (χ4n) is 0.874. The van der Waals surface area contributed by atoms with E-state index in [1.807, 2.05) is 12.5 Å². The van der Waals surface area contributed by atoms with Crippen molar-refractivity contribution in [1.29, 1.82) is 0 Å². The van der Waals surface area contributed by atoms with E-state index in [0.717, 1.165) is 0 Å². The molecule has 1 rings (SSSR count). The molecule has 0 aliphatic rings. The van der Waals surface area contributed by atoms with Gasteiger partial charge in [0.25, 0.3) is 5.69 Å². The van der Waals surface area contributed by atoms with Gasteiger partial charge in [-0.3, -0.25) is 10.1 Å². The number of nitro benzene ring substituents is 1. The molecule has 0 aromatic heterocycles. The van der Waals surface area contributed by atoms with Crippen molar-refractivity contribution >= 4 is 22.1 Å². The van der Waals surface area contributed by atoms with Crippen LogP contribution in [0.2, 0.25) is 0 Å². The molecule has 0 saturated carbocycles. The number of non-ortho nitro benzene ring substituents is 1. The molecule has 0 heterocycles. The molecule has 0 saturated heterocycles. The lowest BCUT2D eigenvalue weighted by atomic mass is 10.3.